The molecule has 94 valence electrons. The maximum absolute atomic E-state index is 9.10. The van der Waals surface area contributed by atoms with Crippen molar-refractivity contribution in [3.63, 3.8) is 0 Å². The van der Waals surface area contributed by atoms with Crippen LogP contribution in [0.1, 0.15) is 5.69 Å². The van der Waals surface area contributed by atoms with Gasteiger partial charge < -0.3 is 14.6 Å². The highest BCUT2D eigenvalue weighted by Gasteiger charge is 2.08. The van der Waals surface area contributed by atoms with Crippen molar-refractivity contribution in [3.8, 4) is 22.6 Å². The fourth-order valence-electron chi connectivity index (χ4n) is 1.77. The first kappa shape index (κ1) is 12.4. The van der Waals surface area contributed by atoms with Crippen LogP contribution in [-0.2, 0) is 6.61 Å². The van der Waals surface area contributed by atoms with E-state index >= 15 is 0 Å². The summed E-state index contributed by atoms with van der Waals surface area (Å²) in [7, 11) is 3.23. The minimum Gasteiger partial charge on any atom is -0.497 e. The number of aromatic nitrogens is 1. The largest absolute Gasteiger partial charge is 0.497 e. The van der Waals surface area contributed by atoms with Crippen molar-refractivity contribution in [1.82, 2.24) is 4.98 Å². The monoisotopic (exact) mass is 245 g/mol. The number of hydrogen-bond donors (Lipinski definition) is 1. The lowest BCUT2D eigenvalue weighted by atomic mass is 10.0. The molecule has 2 aromatic rings. The average Bonchev–Trinajstić information content (AvgIpc) is 2.46. The molecule has 0 bridgehead atoms. The maximum Gasteiger partial charge on any atom is 0.130 e. The molecule has 0 aliphatic carbocycles. The van der Waals surface area contributed by atoms with Crippen LogP contribution >= 0.6 is 0 Å². The van der Waals surface area contributed by atoms with Crippen LogP contribution in [0, 0.1) is 0 Å². The van der Waals surface area contributed by atoms with Crippen LogP contribution in [0.25, 0.3) is 11.1 Å². The van der Waals surface area contributed by atoms with E-state index in [9.17, 15) is 0 Å². The Hall–Kier alpha value is -2.07. The number of benzene rings is 1. The first-order valence-corrected chi connectivity index (χ1v) is 5.56. The Bertz CT molecular complexity index is 540. The van der Waals surface area contributed by atoms with E-state index in [0.717, 1.165) is 22.6 Å². The van der Waals surface area contributed by atoms with Gasteiger partial charge in [-0.25, -0.2) is 0 Å². The molecule has 0 aliphatic rings. The molecule has 4 heteroatoms. The third-order valence-corrected chi connectivity index (χ3v) is 2.70. The van der Waals surface area contributed by atoms with E-state index in [1.807, 2.05) is 30.3 Å². The Morgan fingerprint density at radius 3 is 2.61 bits per heavy atom. The van der Waals surface area contributed by atoms with Gasteiger partial charge in [0, 0.05) is 17.8 Å². The fourth-order valence-corrected chi connectivity index (χ4v) is 1.77. The Morgan fingerprint density at radius 1 is 1.11 bits per heavy atom. The van der Waals surface area contributed by atoms with Crippen molar-refractivity contribution in [2.75, 3.05) is 14.2 Å². The van der Waals surface area contributed by atoms with Gasteiger partial charge in [0.15, 0.2) is 0 Å². The summed E-state index contributed by atoms with van der Waals surface area (Å²) in [6, 6.07) is 9.34. The van der Waals surface area contributed by atoms with E-state index in [-0.39, 0.29) is 6.61 Å². The van der Waals surface area contributed by atoms with Crippen LogP contribution in [0.3, 0.4) is 0 Å². The summed E-state index contributed by atoms with van der Waals surface area (Å²) < 4.78 is 10.5. The number of nitrogens with zero attached hydrogens (tertiary/aromatic N) is 1. The molecule has 1 heterocycles. The number of hydrogen-bond acceptors (Lipinski definition) is 4. The molecule has 18 heavy (non-hydrogen) atoms. The van der Waals surface area contributed by atoms with Crippen molar-refractivity contribution in [2.24, 2.45) is 0 Å². The van der Waals surface area contributed by atoms with Crippen LogP contribution < -0.4 is 9.47 Å². The van der Waals surface area contributed by atoms with Gasteiger partial charge in [-0.15, -0.1) is 0 Å². The summed E-state index contributed by atoms with van der Waals surface area (Å²) >= 11 is 0. The third-order valence-electron chi connectivity index (χ3n) is 2.70. The molecule has 0 radical (unpaired) electrons. The SMILES string of the molecule is COc1ccc(-c2ccnc(CO)c2)c(OC)c1. The van der Waals surface area contributed by atoms with Gasteiger partial charge in [0.1, 0.15) is 11.5 Å². The molecule has 0 amide bonds. The van der Waals surface area contributed by atoms with Crippen molar-refractivity contribution >= 4 is 0 Å². The van der Waals surface area contributed by atoms with Crippen LogP contribution in [0.4, 0.5) is 0 Å². The van der Waals surface area contributed by atoms with Crippen molar-refractivity contribution in [1.29, 1.82) is 0 Å². The molecule has 0 spiro atoms. The summed E-state index contributed by atoms with van der Waals surface area (Å²) in [5.41, 5.74) is 2.52. The van der Waals surface area contributed by atoms with Crippen LogP contribution in [0.5, 0.6) is 11.5 Å². The summed E-state index contributed by atoms with van der Waals surface area (Å²) in [5, 5.41) is 9.10. The molecule has 0 saturated heterocycles. The van der Waals surface area contributed by atoms with Gasteiger partial charge in [0.2, 0.25) is 0 Å². The zero-order valence-electron chi connectivity index (χ0n) is 10.4. The number of methoxy groups -OCH3 is 2. The second-order valence-electron chi connectivity index (χ2n) is 3.76. The fraction of sp³-hybridized carbons (Fsp3) is 0.214. The highest BCUT2D eigenvalue weighted by Crippen LogP contribution is 2.33. The van der Waals surface area contributed by atoms with Crippen molar-refractivity contribution < 1.29 is 14.6 Å². The van der Waals surface area contributed by atoms with Crippen LogP contribution in [-0.4, -0.2) is 24.3 Å². The highest BCUT2D eigenvalue weighted by molar-refractivity contribution is 5.71. The first-order chi connectivity index (χ1) is 8.78. The van der Waals surface area contributed by atoms with Crippen molar-refractivity contribution in [2.45, 2.75) is 6.61 Å². The van der Waals surface area contributed by atoms with Gasteiger partial charge in [-0.3, -0.25) is 4.98 Å². The Balaban J connectivity index is 2.48. The normalized spacial score (nSPS) is 10.2. The zero-order chi connectivity index (χ0) is 13.0. The summed E-state index contributed by atoms with van der Waals surface area (Å²) in [5.74, 6) is 1.47. The number of ether oxygens (including phenoxy) is 2. The zero-order valence-corrected chi connectivity index (χ0v) is 10.4. The molecule has 2 rings (SSSR count). The number of aliphatic hydroxyl groups is 1. The van der Waals surface area contributed by atoms with E-state index < -0.39 is 0 Å². The molecule has 0 saturated carbocycles. The molecule has 0 aliphatic heterocycles. The average molecular weight is 245 g/mol. The number of rotatable bonds is 4. The third kappa shape index (κ3) is 2.43. The summed E-state index contributed by atoms with van der Waals surface area (Å²) in [4.78, 5) is 4.06. The predicted octanol–water partition coefficient (Wildman–Crippen LogP) is 2.26. The van der Waals surface area contributed by atoms with Crippen LogP contribution in [0.2, 0.25) is 0 Å². The van der Waals surface area contributed by atoms with Gasteiger partial charge >= 0.3 is 0 Å². The van der Waals surface area contributed by atoms with Gasteiger partial charge in [-0.05, 0) is 29.8 Å². The van der Waals surface area contributed by atoms with E-state index in [1.54, 1.807) is 20.4 Å². The predicted molar refractivity (Wildman–Crippen MR) is 68.7 cm³/mol. The lowest BCUT2D eigenvalue weighted by Gasteiger charge is -2.11. The molecular formula is C14H15NO3. The minimum absolute atomic E-state index is 0.0771. The van der Waals surface area contributed by atoms with Crippen molar-refractivity contribution in [3.05, 3.63) is 42.2 Å². The number of pyridine rings is 1. The van der Waals surface area contributed by atoms with Gasteiger partial charge in [-0.2, -0.15) is 0 Å². The molecular weight excluding hydrogens is 230 g/mol. The Morgan fingerprint density at radius 2 is 1.94 bits per heavy atom. The smallest absolute Gasteiger partial charge is 0.130 e. The second-order valence-corrected chi connectivity index (χ2v) is 3.76. The topological polar surface area (TPSA) is 51.6 Å². The Kier molecular flexibility index (Phi) is 3.79. The van der Waals surface area contributed by atoms with Gasteiger partial charge in [0.05, 0.1) is 26.5 Å². The van der Waals surface area contributed by atoms with Gasteiger partial charge in [-0.1, -0.05) is 0 Å². The van der Waals surface area contributed by atoms with Gasteiger partial charge in [0.25, 0.3) is 0 Å². The molecule has 0 atom stereocenters. The van der Waals surface area contributed by atoms with E-state index in [0.29, 0.717) is 5.69 Å². The summed E-state index contributed by atoms with van der Waals surface area (Å²) in [6.07, 6.45) is 1.67. The molecule has 4 nitrogen and oxygen atoms in total. The quantitative estimate of drug-likeness (QED) is 0.897. The number of aliphatic hydroxyl groups excluding tert-OH is 1. The minimum atomic E-state index is -0.0771. The molecule has 0 unspecified atom stereocenters. The lowest BCUT2D eigenvalue weighted by Crippen LogP contribution is -1.93. The molecule has 1 N–H and O–H groups in total. The van der Waals surface area contributed by atoms with E-state index in [2.05, 4.69) is 4.98 Å². The molecule has 1 aromatic carbocycles. The first-order valence-electron chi connectivity index (χ1n) is 5.56. The standard InChI is InChI=1S/C14H15NO3/c1-17-12-3-4-13(14(8-12)18-2)10-5-6-15-11(7-10)9-16/h3-8,16H,9H2,1-2H3. The lowest BCUT2D eigenvalue weighted by molar-refractivity contribution is 0.277. The van der Waals surface area contributed by atoms with Crippen LogP contribution in [0.15, 0.2) is 36.5 Å². The highest BCUT2D eigenvalue weighted by atomic mass is 16.5. The Labute approximate surface area is 106 Å². The maximum atomic E-state index is 9.10. The summed E-state index contributed by atoms with van der Waals surface area (Å²) in [6.45, 7) is -0.0771. The molecule has 0 fully saturated rings. The van der Waals surface area contributed by atoms with E-state index in [1.165, 1.54) is 0 Å². The molecule has 1 aromatic heterocycles. The van der Waals surface area contributed by atoms with E-state index in [4.69, 9.17) is 14.6 Å². The second kappa shape index (κ2) is 5.51.